The number of nitrogens with one attached hydrogen (secondary N) is 1. The first-order valence-electron chi connectivity index (χ1n) is 11.6. The van der Waals surface area contributed by atoms with Gasteiger partial charge in [0.05, 0.1) is 0 Å². The Morgan fingerprint density at radius 1 is 0.882 bits per heavy atom. The number of amides is 2. The van der Waals surface area contributed by atoms with Crippen LogP contribution in [0.3, 0.4) is 0 Å². The molecule has 3 heterocycles. The molecule has 1 N–H and O–H groups in total. The van der Waals surface area contributed by atoms with Crippen molar-refractivity contribution in [2.24, 2.45) is 5.92 Å². The summed E-state index contributed by atoms with van der Waals surface area (Å²) in [6, 6.07) is 23.9. The Labute approximate surface area is 196 Å². The van der Waals surface area contributed by atoms with Crippen molar-refractivity contribution in [1.29, 1.82) is 0 Å². The fraction of sp³-hybridized carbons (Fsp3) is 0.214. The number of fused-ring (bicyclic) bond motifs is 5. The van der Waals surface area contributed by atoms with E-state index in [0.717, 1.165) is 28.5 Å². The van der Waals surface area contributed by atoms with Gasteiger partial charge in [-0.3, -0.25) is 4.79 Å². The summed E-state index contributed by atoms with van der Waals surface area (Å²) in [6.45, 7) is 1.70. The SMILES string of the molecule is O=C(Nc1cccc(F)c1)N1C[C@@H]2C[C@H](C1)c1ccc(-c3ccc4ccccc4c3)c(=O)n1C2. The van der Waals surface area contributed by atoms with Crippen molar-refractivity contribution in [2.75, 3.05) is 18.4 Å². The highest BCUT2D eigenvalue weighted by Gasteiger charge is 2.36. The predicted octanol–water partition coefficient (Wildman–Crippen LogP) is 5.46. The molecule has 1 aromatic heterocycles. The molecule has 2 aliphatic heterocycles. The lowest BCUT2D eigenvalue weighted by molar-refractivity contribution is 0.139. The number of nitrogens with zero attached hydrogens (tertiary/aromatic N) is 2. The fourth-order valence-electron chi connectivity index (χ4n) is 5.46. The van der Waals surface area contributed by atoms with Crippen molar-refractivity contribution in [3.8, 4) is 11.1 Å². The van der Waals surface area contributed by atoms with Crippen LogP contribution < -0.4 is 10.9 Å². The first-order valence-corrected chi connectivity index (χ1v) is 11.6. The second-order valence-corrected chi connectivity index (χ2v) is 9.29. The molecule has 6 rings (SSSR count). The minimum atomic E-state index is -0.385. The molecule has 2 amide bonds. The maximum absolute atomic E-state index is 13.5. The molecule has 0 spiro atoms. The van der Waals surface area contributed by atoms with E-state index in [4.69, 9.17) is 0 Å². The summed E-state index contributed by atoms with van der Waals surface area (Å²) in [7, 11) is 0. The zero-order valence-electron chi connectivity index (χ0n) is 18.6. The molecule has 5 nitrogen and oxygen atoms in total. The summed E-state index contributed by atoms with van der Waals surface area (Å²) in [5.74, 6) is -0.0815. The van der Waals surface area contributed by atoms with Crippen molar-refractivity contribution in [2.45, 2.75) is 18.9 Å². The summed E-state index contributed by atoms with van der Waals surface area (Å²) >= 11 is 0. The number of carbonyl (C=O) groups is 1. The number of hydrogen-bond donors (Lipinski definition) is 1. The average Bonchev–Trinajstić information content (AvgIpc) is 2.84. The van der Waals surface area contributed by atoms with Crippen molar-refractivity contribution < 1.29 is 9.18 Å². The summed E-state index contributed by atoms with van der Waals surface area (Å²) in [4.78, 5) is 28.1. The third-order valence-electron chi connectivity index (χ3n) is 7.03. The van der Waals surface area contributed by atoms with Crippen LogP contribution in [0.1, 0.15) is 18.0 Å². The molecule has 6 heteroatoms. The Morgan fingerprint density at radius 3 is 2.59 bits per heavy atom. The quantitative estimate of drug-likeness (QED) is 0.438. The highest BCUT2D eigenvalue weighted by atomic mass is 19.1. The van der Waals surface area contributed by atoms with Gasteiger partial charge in [0.25, 0.3) is 5.56 Å². The van der Waals surface area contributed by atoms with E-state index in [1.165, 1.54) is 12.1 Å². The topological polar surface area (TPSA) is 54.3 Å². The van der Waals surface area contributed by atoms with E-state index in [0.29, 0.717) is 30.9 Å². The highest BCUT2D eigenvalue weighted by molar-refractivity contribution is 5.89. The number of pyridine rings is 1. The number of carbonyl (C=O) groups excluding carboxylic acids is 1. The Balaban J connectivity index is 1.27. The first kappa shape index (κ1) is 20.7. The molecule has 2 bridgehead atoms. The van der Waals surface area contributed by atoms with Gasteiger partial charge in [0.15, 0.2) is 0 Å². The number of hydrogen-bond acceptors (Lipinski definition) is 2. The van der Waals surface area contributed by atoms with E-state index >= 15 is 0 Å². The summed E-state index contributed by atoms with van der Waals surface area (Å²) in [5.41, 5.74) is 3.08. The van der Waals surface area contributed by atoms with Crippen molar-refractivity contribution in [1.82, 2.24) is 9.47 Å². The molecule has 170 valence electrons. The Morgan fingerprint density at radius 2 is 1.74 bits per heavy atom. The molecule has 0 unspecified atom stereocenters. The van der Waals surface area contributed by atoms with Gasteiger partial charge in [0, 0.05) is 42.5 Å². The van der Waals surface area contributed by atoms with Crippen molar-refractivity contribution >= 4 is 22.5 Å². The van der Waals surface area contributed by atoms with Crippen LogP contribution in [-0.4, -0.2) is 28.6 Å². The molecule has 2 aliphatic rings. The number of urea groups is 1. The van der Waals surface area contributed by atoms with Crippen LogP contribution in [0.5, 0.6) is 0 Å². The number of aromatic nitrogens is 1. The number of halogens is 1. The Bertz CT molecular complexity index is 1480. The summed E-state index contributed by atoms with van der Waals surface area (Å²) < 4.78 is 15.4. The number of rotatable bonds is 2. The number of piperidine rings is 1. The molecule has 4 aromatic rings. The third kappa shape index (κ3) is 3.65. The molecule has 34 heavy (non-hydrogen) atoms. The maximum atomic E-state index is 13.5. The van der Waals surface area contributed by atoms with E-state index in [-0.39, 0.29) is 29.2 Å². The Hall–Kier alpha value is -3.93. The smallest absolute Gasteiger partial charge is 0.321 e. The monoisotopic (exact) mass is 453 g/mol. The molecular formula is C28H24FN3O2. The van der Waals surface area contributed by atoms with Crippen molar-refractivity contribution in [3.05, 3.63) is 101 Å². The van der Waals surface area contributed by atoms with Crippen LogP contribution in [0, 0.1) is 11.7 Å². The van der Waals surface area contributed by atoms with Gasteiger partial charge >= 0.3 is 6.03 Å². The second-order valence-electron chi connectivity index (χ2n) is 9.29. The molecular weight excluding hydrogens is 429 g/mol. The fourth-order valence-corrected chi connectivity index (χ4v) is 5.46. The van der Waals surface area contributed by atoms with Crippen LogP contribution in [-0.2, 0) is 6.54 Å². The lowest BCUT2D eigenvalue weighted by atomic mass is 9.83. The normalized spacial score (nSPS) is 19.0. The largest absolute Gasteiger partial charge is 0.324 e. The lowest BCUT2D eigenvalue weighted by Gasteiger charge is -2.42. The molecule has 2 atom stereocenters. The molecule has 1 fully saturated rings. The zero-order chi connectivity index (χ0) is 23.2. The third-order valence-corrected chi connectivity index (χ3v) is 7.03. The van der Waals surface area contributed by atoms with Crippen LogP contribution in [0.4, 0.5) is 14.9 Å². The van der Waals surface area contributed by atoms with Gasteiger partial charge < -0.3 is 14.8 Å². The van der Waals surface area contributed by atoms with Gasteiger partial charge in [-0.2, -0.15) is 0 Å². The number of benzene rings is 3. The van der Waals surface area contributed by atoms with E-state index in [1.807, 2.05) is 34.9 Å². The van der Waals surface area contributed by atoms with E-state index < -0.39 is 0 Å². The second kappa shape index (κ2) is 8.13. The molecule has 0 aliphatic carbocycles. The molecule has 1 saturated heterocycles. The lowest BCUT2D eigenvalue weighted by Crippen LogP contribution is -2.50. The van der Waals surface area contributed by atoms with Crippen LogP contribution in [0.25, 0.3) is 21.9 Å². The zero-order valence-corrected chi connectivity index (χ0v) is 18.6. The van der Waals surface area contributed by atoms with Gasteiger partial charge in [-0.05, 0) is 65.1 Å². The van der Waals surface area contributed by atoms with Crippen LogP contribution >= 0.6 is 0 Å². The van der Waals surface area contributed by atoms with E-state index in [1.54, 1.807) is 17.0 Å². The van der Waals surface area contributed by atoms with Gasteiger partial charge in [-0.15, -0.1) is 0 Å². The number of anilines is 1. The highest BCUT2D eigenvalue weighted by Crippen LogP contribution is 2.36. The minimum Gasteiger partial charge on any atom is -0.324 e. The first-order chi connectivity index (χ1) is 16.5. The molecule has 0 radical (unpaired) electrons. The van der Waals surface area contributed by atoms with Gasteiger partial charge in [0.1, 0.15) is 5.82 Å². The van der Waals surface area contributed by atoms with Crippen molar-refractivity contribution in [3.63, 3.8) is 0 Å². The number of likely N-dealkylation sites (tertiary alicyclic amines) is 1. The van der Waals surface area contributed by atoms with Gasteiger partial charge in [-0.1, -0.05) is 42.5 Å². The molecule has 0 saturated carbocycles. The maximum Gasteiger partial charge on any atom is 0.321 e. The Kier molecular flexibility index (Phi) is 4.94. The van der Waals surface area contributed by atoms with E-state index in [9.17, 15) is 14.0 Å². The predicted molar refractivity (Wildman–Crippen MR) is 131 cm³/mol. The van der Waals surface area contributed by atoms with Gasteiger partial charge in [0.2, 0.25) is 0 Å². The van der Waals surface area contributed by atoms with Gasteiger partial charge in [-0.25, -0.2) is 9.18 Å². The van der Waals surface area contributed by atoms with Crippen LogP contribution in [0.15, 0.2) is 83.7 Å². The summed E-state index contributed by atoms with van der Waals surface area (Å²) in [5, 5.41) is 5.06. The van der Waals surface area contributed by atoms with E-state index in [2.05, 4.69) is 29.6 Å². The summed E-state index contributed by atoms with van der Waals surface area (Å²) in [6.07, 6.45) is 0.957. The average molecular weight is 454 g/mol. The van der Waals surface area contributed by atoms with Crippen LogP contribution in [0.2, 0.25) is 0 Å². The standard InChI is InChI=1S/C28H24FN3O2/c29-23-6-3-7-24(14-23)30-28(34)31-15-18-12-22(17-31)26-11-10-25(27(33)32(26)16-18)21-9-8-19-4-1-2-5-20(19)13-21/h1-11,13-14,18,22H,12,15-17H2,(H,30,34)/t18-,22+/m0/s1. The minimum absolute atomic E-state index is 0.0279. The molecule has 3 aromatic carbocycles.